The largest absolute Gasteiger partial charge is 0.444 e. The summed E-state index contributed by atoms with van der Waals surface area (Å²) in [5.41, 5.74) is 0.384. The second-order valence-corrected chi connectivity index (χ2v) is 7.96. The van der Waals surface area contributed by atoms with Crippen molar-refractivity contribution < 1.29 is 14.3 Å². The van der Waals surface area contributed by atoms with Crippen LogP contribution in [-0.2, 0) is 16.1 Å². The van der Waals surface area contributed by atoms with Gasteiger partial charge in [0, 0.05) is 31.7 Å². The topological polar surface area (TPSA) is 49.9 Å². The van der Waals surface area contributed by atoms with Gasteiger partial charge in [-0.2, -0.15) is 0 Å². The van der Waals surface area contributed by atoms with Gasteiger partial charge in [0.1, 0.15) is 5.60 Å². The summed E-state index contributed by atoms with van der Waals surface area (Å²) in [5, 5.41) is 0.654. The molecule has 5 nitrogen and oxygen atoms in total. The molecule has 2 rings (SSSR count). The van der Waals surface area contributed by atoms with Crippen molar-refractivity contribution in [1.29, 1.82) is 0 Å². The Labute approximate surface area is 154 Å². The van der Waals surface area contributed by atoms with Gasteiger partial charge >= 0.3 is 6.09 Å². The third-order valence-electron chi connectivity index (χ3n) is 4.16. The standard InChI is InChI=1S/C19H27ClN2O3/c1-19(2,3)25-18(24)22-11-7-9-15(13-22)17(23)21(4)12-14-8-5-6-10-16(14)20/h5-6,8,10,15H,7,9,11-13H2,1-4H3. The van der Waals surface area contributed by atoms with Crippen molar-refractivity contribution in [2.24, 2.45) is 5.92 Å². The highest BCUT2D eigenvalue weighted by atomic mass is 35.5. The first kappa shape index (κ1) is 19.6. The lowest BCUT2D eigenvalue weighted by Crippen LogP contribution is -2.47. The van der Waals surface area contributed by atoms with Crippen LogP contribution in [0.5, 0.6) is 0 Å². The highest BCUT2D eigenvalue weighted by molar-refractivity contribution is 6.31. The van der Waals surface area contributed by atoms with Crippen molar-refractivity contribution in [2.75, 3.05) is 20.1 Å². The lowest BCUT2D eigenvalue weighted by molar-refractivity contribution is -0.136. The molecule has 6 heteroatoms. The molecule has 138 valence electrons. The molecule has 0 spiro atoms. The number of amides is 2. The van der Waals surface area contributed by atoms with E-state index in [9.17, 15) is 9.59 Å². The number of nitrogens with zero attached hydrogens (tertiary/aromatic N) is 2. The molecule has 2 amide bonds. The van der Waals surface area contributed by atoms with Crippen LogP contribution in [0.3, 0.4) is 0 Å². The molecule has 0 aromatic heterocycles. The van der Waals surface area contributed by atoms with E-state index < -0.39 is 5.60 Å². The maximum Gasteiger partial charge on any atom is 0.410 e. The summed E-state index contributed by atoms with van der Waals surface area (Å²) in [6, 6.07) is 7.51. The van der Waals surface area contributed by atoms with Gasteiger partial charge in [0.15, 0.2) is 0 Å². The Morgan fingerprint density at radius 2 is 2.00 bits per heavy atom. The van der Waals surface area contributed by atoms with Gasteiger partial charge in [0.25, 0.3) is 0 Å². The van der Waals surface area contributed by atoms with E-state index in [-0.39, 0.29) is 17.9 Å². The molecule has 0 aliphatic carbocycles. The van der Waals surface area contributed by atoms with Gasteiger partial charge < -0.3 is 14.5 Å². The third-order valence-corrected chi connectivity index (χ3v) is 4.53. The van der Waals surface area contributed by atoms with Gasteiger partial charge in [-0.1, -0.05) is 29.8 Å². The van der Waals surface area contributed by atoms with Crippen molar-refractivity contribution in [3.63, 3.8) is 0 Å². The van der Waals surface area contributed by atoms with Gasteiger partial charge in [-0.25, -0.2) is 4.79 Å². The Bertz CT molecular complexity index is 627. The second-order valence-electron chi connectivity index (χ2n) is 7.55. The number of piperidine rings is 1. The van der Waals surface area contributed by atoms with E-state index >= 15 is 0 Å². The summed E-state index contributed by atoms with van der Waals surface area (Å²) in [7, 11) is 1.78. The average Bonchev–Trinajstić information content (AvgIpc) is 2.54. The fourth-order valence-corrected chi connectivity index (χ4v) is 3.14. The first-order chi connectivity index (χ1) is 11.7. The van der Waals surface area contributed by atoms with E-state index in [4.69, 9.17) is 16.3 Å². The summed E-state index contributed by atoms with van der Waals surface area (Å²) in [4.78, 5) is 28.3. The molecule has 1 aromatic rings. The quantitative estimate of drug-likeness (QED) is 0.813. The predicted molar refractivity (Wildman–Crippen MR) is 98.5 cm³/mol. The van der Waals surface area contributed by atoms with E-state index in [1.54, 1.807) is 16.8 Å². The van der Waals surface area contributed by atoms with Gasteiger partial charge in [-0.15, -0.1) is 0 Å². The molecule has 1 heterocycles. The normalized spacial score (nSPS) is 18.0. The molecule has 25 heavy (non-hydrogen) atoms. The van der Waals surface area contributed by atoms with Crippen molar-refractivity contribution in [2.45, 2.75) is 45.8 Å². The van der Waals surface area contributed by atoms with Crippen LogP contribution in [0.1, 0.15) is 39.2 Å². The summed E-state index contributed by atoms with van der Waals surface area (Å²) in [6.07, 6.45) is 1.24. The van der Waals surface area contributed by atoms with E-state index in [1.807, 2.05) is 45.0 Å². The molecule has 1 saturated heterocycles. The van der Waals surface area contributed by atoms with E-state index in [2.05, 4.69) is 0 Å². The Balaban J connectivity index is 1.96. The highest BCUT2D eigenvalue weighted by Crippen LogP contribution is 2.23. The number of benzene rings is 1. The molecule has 1 fully saturated rings. The Morgan fingerprint density at radius 1 is 1.32 bits per heavy atom. The lowest BCUT2D eigenvalue weighted by atomic mass is 9.96. The van der Waals surface area contributed by atoms with Crippen molar-refractivity contribution in [3.8, 4) is 0 Å². The minimum atomic E-state index is -0.533. The first-order valence-corrected chi connectivity index (χ1v) is 9.01. The number of carbonyl (C=O) groups is 2. The van der Waals surface area contributed by atoms with Gasteiger partial charge in [-0.05, 0) is 45.2 Å². The maximum atomic E-state index is 12.8. The zero-order valence-corrected chi connectivity index (χ0v) is 16.2. The summed E-state index contributed by atoms with van der Waals surface area (Å²) >= 11 is 6.18. The zero-order chi connectivity index (χ0) is 18.6. The molecular formula is C19H27ClN2O3. The number of rotatable bonds is 3. The number of hydrogen-bond donors (Lipinski definition) is 0. The second kappa shape index (κ2) is 8.09. The molecule has 0 saturated carbocycles. The minimum absolute atomic E-state index is 0.0354. The predicted octanol–water partition coefficient (Wildman–Crippen LogP) is 3.95. The zero-order valence-electron chi connectivity index (χ0n) is 15.4. The third kappa shape index (κ3) is 5.63. The Kier molecular flexibility index (Phi) is 6.33. The van der Waals surface area contributed by atoms with Crippen LogP contribution in [0.2, 0.25) is 5.02 Å². The SMILES string of the molecule is CN(Cc1ccccc1Cl)C(=O)C1CCCN(C(=O)OC(C)(C)C)C1. The molecule has 0 bridgehead atoms. The fraction of sp³-hybridized carbons (Fsp3) is 0.579. The van der Waals surface area contributed by atoms with E-state index in [0.29, 0.717) is 24.7 Å². The molecule has 1 aliphatic rings. The van der Waals surface area contributed by atoms with Crippen LogP contribution in [0.4, 0.5) is 4.79 Å². The smallest absolute Gasteiger partial charge is 0.410 e. The van der Waals surface area contributed by atoms with Crippen molar-refractivity contribution in [3.05, 3.63) is 34.9 Å². The van der Waals surface area contributed by atoms with Crippen LogP contribution >= 0.6 is 11.6 Å². The number of likely N-dealkylation sites (tertiary alicyclic amines) is 1. The lowest BCUT2D eigenvalue weighted by Gasteiger charge is -2.35. The van der Waals surface area contributed by atoms with Crippen LogP contribution in [0.15, 0.2) is 24.3 Å². The van der Waals surface area contributed by atoms with Gasteiger partial charge in [0.05, 0.1) is 5.92 Å². The Morgan fingerprint density at radius 3 is 2.64 bits per heavy atom. The monoisotopic (exact) mass is 366 g/mol. The minimum Gasteiger partial charge on any atom is -0.444 e. The van der Waals surface area contributed by atoms with Crippen LogP contribution in [0.25, 0.3) is 0 Å². The molecule has 0 N–H and O–H groups in total. The molecule has 1 aliphatic heterocycles. The molecule has 1 aromatic carbocycles. The molecule has 1 atom stereocenters. The summed E-state index contributed by atoms with van der Waals surface area (Å²) in [5.74, 6) is -0.165. The number of hydrogen-bond acceptors (Lipinski definition) is 3. The van der Waals surface area contributed by atoms with Crippen LogP contribution in [-0.4, -0.2) is 47.5 Å². The van der Waals surface area contributed by atoms with E-state index in [1.165, 1.54) is 0 Å². The first-order valence-electron chi connectivity index (χ1n) is 8.63. The van der Waals surface area contributed by atoms with E-state index in [0.717, 1.165) is 18.4 Å². The summed E-state index contributed by atoms with van der Waals surface area (Å²) in [6.45, 7) is 7.02. The number of carbonyl (C=O) groups excluding carboxylic acids is 2. The van der Waals surface area contributed by atoms with Crippen LogP contribution in [0, 0.1) is 5.92 Å². The van der Waals surface area contributed by atoms with Gasteiger partial charge in [-0.3, -0.25) is 4.79 Å². The fourth-order valence-electron chi connectivity index (χ4n) is 2.94. The molecule has 1 unspecified atom stereocenters. The van der Waals surface area contributed by atoms with Crippen molar-refractivity contribution >= 4 is 23.6 Å². The Hall–Kier alpha value is -1.75. The van der Waals surface area contributed by atoms with Gasteiger partial charge in [0.2, 0.25) is 5.91 Å². The molecule has 0 radical (unpaired) electrons. The summed E-state index contributed by atoms with van der Waals surface area (Å²) < 4.78 is 5.42. The highest BCUT2D eigenvalue weighted by Gasteiger charge is 2.32. The number of halogens is 1. The number of ether oxygens (including phenoxy) is 1. The van der Waals surface area contributed by atoms with Crippen molar-refractivity contribution in [1.82, 2.24) is 9.80 Å². The molecular weight excluding hydrogens is 340 g/mol. The van der Waals surface area contributed by atoms with Crippen LogP contribution < -0.4 is 0 Å². The average molecular weight is 367 g/mol. The maximum absolute atomic E-state index is 12.8.